The van der Waals surface area contributed by atoms with Crippen molar-refractivity contribution >= 4 is 17.5 Å². The molecule has 2 aromatic rings. The second kappa shape index (κ2) is 9.30. The van der Waals surface area contributed by atoms with E-state index in [1.54, 1.807) is 4.90 Å². The summed E-state index contributed by atoms with van der Waals surface area (Å²) in [5, 5.41) is 13.8. The van der Waals surface area contributed by atoms with Crippen LogP contribution in [0.25, 0.3) is 0 Å². The molecule has 2 unspecified atom stereocenters. The Bertz CT molecular complexity index is 1090. The fraction of sp³-hybridized carbons (Fsp3) is 0.517. The summed E-state index contributed by atoms with van der Waals surface area (Å²) in [6.07, 6.45) is 4.43. The molecular formula is C29H37N3O3. The summed E-state index contributed by atoms with van der Waals surface area (Å²) >= 11 is 0. The van der Waals surface area contributed by atoms with E-state index in [9.17, 15) is 14.7 Å². The molecule has 3 aliphatic rings. The van der Waals surface area contributed by atoms with E-state index in [0.717, 1.165) is 25.8 Å². The Morgan fingerprint density at radius 1 is 0.971 bits per heavy atom. The summed E-state index contributed by atoms with van der Waals surface area (Å²) in [5.41, 5.74) is 3.56. The van der Waals surface area contributed by atoms with Gasteiger partial charge in [0.05, 0.1) is 0 Å². The number of para-hydroxylation sites is 1. The third-order valence-corrected chi connectivity index (χ3v) is 8.49. The first-order valence-electron chi connectivity index (χ1n) is 13.2. The number of aliphatic hydroxyl groups is 1. The van der Waals surface area contributed by atoms with Crippen LogP contribution in [0.1, 0.15) is 73.4 Å². The fourth-order valence-electron chi connectivity index (χ4n) is 6.25. The van der Waals surface area contributed by atoms with Crippen molar-refractivity contribution in [3.63, 3.8) is 0 Å². The first-order valence-corrected chi connectivity index (χ1v) is 13.2. The zero-order chi connectivity index (χ0) is 24.6. The van der Waals surface area contributed by atoms with Gasteiger partial charge in [-0.3, -0.25) is 9.59 Å². The molecule has 2 heterocycles. The lowest BCUT2D eigenvalue weighted by Gasteiger charge is -2.46. The number of nitrogens with zero attached hydrogens (tertiary/aromatic N) is 2. The predicted molar refractivity (Wildman–Crippen MR) is 138 cm³/mol. The van der Waals surface area contributed by atoms with Crippen molar-refractivity contribution in [3.8, 4) is 0 Å². The van der Waals surface area contributed by atoms with Gasteiger partial charge in [0.15, 0.2) is 0 Å². The second-order valence-corrected chi connectivity index (χ2v) is 10.5. The molecule has 6 nitrogen and oxygen atoms in total. The number of carbonyl (C=O) groups is 2. The molecule has 1 saturated heterocycles. The SMILES string of the molecule is CCCC1(CC)c2ccccc2NCC1c1ccc(C(=O)N2CCN(C(=O)C3(O)CC3)CC2)cc1. The van der Waals surface area contributed by atoms with Crippen LogP contribution in [-0.2, 0) is 10.2 Å². The van der Waals surface area contributed by atoms with Gasteiger partial charge >= 0.3 is 0 Å². The first-order chi connectivity index (χ1) is 16.9. The molecule has 2 amide bonds. The highest BCUT2D eigenvalue weighted by Gasteiger charge is 2.50. The van der Waals surface area contributed by atoms with Gasteiger partial charge in [-0.25, -0.2) is 0 Å². The van der Waals surface area contributed by atoms with E-state index in [-0.39, 0.29) is 17.2 Å². The van der Waals surface area contributed by atoms with Crippen LogP contribution >= 0.6 is 0 Å². The minimum absolute atomic E-state index is 0.0104. The van der Waals surface area contributed by atoms with Gasteiger partial charge in [-0.15, -0.1) is 0 Å². The Kier molecular flexibility index (Phi) is 6.34. The third-order valence-electron chi connectivity index (χ3n) is 8.49. The molecule has 186 valence electrons. The van der Waals surface area contributed by atoms with Crippen molar-refractivity contribution < 1.29 is 14.7 Å². The lowest BCUT2D eigenvalue weighted by atomic mass is 9.61. The van der Waals surface area contributed by atoms with Gasteiger partial charge in [-0.05, 0) is 55.0 Å². The Balaban J connectivity index is 1.30. The zero-order valence-corrected chi connectivity index (χ0v) is 20.9. The molecule has 2 N–H and O–H groups in total. The third kappa shape index (κ3) is 4.22. The molecular weight excluding hydrogens is 438 g/mol. The van der Waals surface area contributed by atoms with Gasteiger partial charge in [0.25, 0.3) is 11.8 Å². The van der Waals surface area contributed by atoms with Crippen LogP contribution in [0.4, 0.5) is 5.69 Å². The highest BCUT2D eigenvalue weighted by molar-refractivity contribution is 5.94. The smallest absolute Gasteiger partial charge is 0.254 e. The maximum atomic E-state index is 13.2. The number of carbonyl (C=O) groups excluding carboxylic acids is 2. The molecule has 0 radical (unpaired) electrons. The summed E-state index contributed by atoms with van der Waals surface area (Å²) in [6.45, 7) is 7.42. The maximum absolute atomic E-state index is 13.2. The van der Waals surface area contributed by atoms with Crippen molar-refractivity contribution in [3.05, 3.63) is 65.2 Å². The van der Waals surface area contributed by atoms with Crippen LogP contribution in [0.15, 0.2) is 48.5 Å². The maximum Gasteiger partial charge on any atom is 0.254 e. The van der Waals surface area contributed by atoms with E-state index < -0.39 is 5.60 Å². The number of amides is 2. The van der Waals surface area contributed by atoms with Gasteiger partial charge in [0, 0.05) is 55.3 Å². The standard InChI is InChI=1S/C29H37N3O3/c1-3-13-28(4-2)23-7-5-6-8-25(23)30-20-24(28)21-9-11-22(12-10-21)26(33)31-16-18-32(19-17-31)27(34)29(35)14-15-29/h5-12,24,30,35H,3-4,13-20H2,1-2H3. The Morgan fingerprint density at radius 2 is 1.63 bits per heavy atom. The van der Waals surface area contributed by atoms with Crippen LogP contribution in [0.3, 0.4) is 0 Å². The summed E-state index contributed by atoms with van der Waals surface area (Å²) < 4.78 is 0. The number of piperazine rings is 1. The van der Waals surface area contributed by atoms with Crippen LogP contribution in [0.2, 0.25) is 0 Å². The van der Waals surface area contributed by atoms with E-state index >= 15 is 0 Å². The molecule has 0 aromatic heterocycles. The molecule has 2 aliphatic heterocycles. The zero-order valence-electron chi connectivity index (χ0n) is 20.9. The number of hydrogen-bond donors (Lipinski definition) is 2. The number of hydrogen-bond acceptors (Lipinski definition) is 4. The molecule has 6 heteroatoms. The van der Waals surface area contributed by atoms with E-state index in [4.69, 9.17) is 0 Å². The number of anilines is 1. The summed E-state index contributed by atoms with van der Waals surface area (Å²) in [4.78, 5) is 29.1. The van der Waals surface area contributed by atoms with Crippen molar-refractivity contribution in [2.75, 3.05) is 38.0 Å². The number of fused-ring (bicyclic) bond motifs is 1. The topological polar surface area (TPSA) is 72.9 Å². The first kappa shape index (κ1) is 23.9. The minimum Gasteiger partial charge on any atom is -0.384 e. The largest absolute Gasteiger partial charge is 0.384 e. The summed E-state index contributed by atoms with van der Waals surface area (Å²) in [5.74, 6) is 0.175. The number of rotatable bonds is 6. The molecule has 5 rings (SSSR count). The van der Waals surface area contributed by atoms with Crippen molar-refractivity contribution in [2.45, 2.75) is 62.9 Å². The van der Waals surface area contributed by atoms with Crippen molar-refractivity contribution in [1.29, 1.82) is 0 Å². The Labute approximate surface area is 208 Å². The highest BCUT2D eigenvalue weighted by atomic mass is 16.3. The molecule has 2 aromatic carbocycles. The molecule has 0 bridgehead atoms. The van der Waals surface area contributed by atoms with Gasteiger partial charge in [0.1, 0.15) is 5.60 Å². The van der Waals surface area contributed by atoms with Gasteiger partial charge in [-0.1, -0.05) is 50.6 Å². The van der Waals surface area contributed by atoms with E-state index in [1.165, 1.54) is 16.8 Å². The van der Waals surface area contributed by atoms with Crippen molar-refractivity contribution in [1.82, 2.24) is 9.80 Å². The van der Waals surface area contributed by atoms with Crippen LogP contribution in [-0.4, -0.2) is 65.0 Å². The molecule has 2 atom stereocenters. The van der Waals surface area contributed by atoms with Gasteiger partial charge in [0.2, 0.25) is 0 Å². The normalized spacial score (nSPS) is 24.9. The van der Waals surface area contributed by atoms with Crippen LogP contribution in [0, 0.1) is 0 Å². The van der Waals surface area contributed by atoms with Crippen LogP contribution < -0.4 is 5.32 Å². The Hall–Kier alpha value is -2.86. The summed E-state index contributed by atoms with van der Waals surface area (Å²) in [7, 11) is 0. The second-order valence-electron chi connectivity index (χ2n) is 10.5. The monoisotopic (exact) mass is 475 g/mol. The van der Waals surface area contributed by atoms with E-state index in [1.807, 2.05) is 17.0 Å². The van der Waals surface area contributed by atoms with Gasteiger partial charge < -0.3 is 20.2 Å². The van der Waals surface area contributed by atoms with E-state index in [2.05, 4.69) is 55.6 Å². The average molecular weight is 476 g/mol. The van der Waals surface area contributed by atoms with Crippen molar-refractivity contribution in [2.24, 2.45) is 0 Å². The fourth-order valence-corrected chi connectivity index (χ4v) is 6.25. The van der Waals surface area contributed by atoms with E-state index in [0.29, 0.717) is 50.5 Å². The molecule has 1 saturated carbocycles. The molecule has 0 spiro atoms. The molecule has 1 aliphatic carbocycles. The lowest BCUT2D eigenvalue weighted by Crippen LogP contribution is -2.53. The molecule has 2 fully saturated rings. The van der Waals surface area contributed by atoms with Crippen LogP contribution in [0.5, 0.6) is 0 Å². The minimum atomic E-state index is -1.14. The number of benzene rings is 2. The quantitative estimate of drug-likeness (QED) is 0.658. The lowest BCUT2D eigenvalue weighted by molar-refractivity contribution is -0.143. The summed E-state index contributed by atoms with van der Waals surface area (Å²) in [6, 6.07) is 16.9. The Morgan fingerprint density at radius 3 is 2.26 bits per heavy atom. The van der Waals surface area contributed by atoms with Gasteiger partial charge in [-0.2, -0.15) is 0 Å². The number of nitrogens with one attached hydrogen (secondary N) is 1. The predicted octanol–water partition coefficient (Wildman–Crippen LogP) is 4.15. The molecule has 35 heavy (non-hydrogen) atoms. The average Bonchev–Trinajstić information content (AvgIpc) is 3.66. The highest BCUT2D eigenvalue weighted by Crippen LogP contribution is 2.50.